The van der Waals surface area contributed by atoms with Gasteiger partial charge in [-0.3, -0.25) is 9.69 Å². The topological polar surface area (TPSA) is 69.6 Å². The molecule has 2 aromatic carbocycles. The number of carbonyl (C=O) groups is 2. The molecule has 5 nitrogen and oxygen atoms in total. The molecule has 0 radical (unpaired) electrons. The van der Waals surface area contributed by atoms with E-state index in [1.807, 2.05) is 11.4 Å². The van der Waals surface area contributed by atoms with Crippen LogP contribution >= 0.6 is 11.3 Å². The summed E-state index contributed by atoms with van der Waals surface area (Å²) in [5, 5.41) is 12.2. The van der Waals surface area contributed by atoms with Crippen LogP contribution < -0.4 is 5.32 Å². The minimum Gasteiger partial charge on any atom is -0.475 e. The van der Waals surface area contributed by atoms with Gasteiger partial charge in [-0.05, 0) is 59.0 Å². The summed E-state index contributed by atoms with van der Waals surface area (Å²) in [5.41, 5.74) is 4.10. The number of hydrogen-bond acceptors (Lipinski definition) is 4. The van der Waals surface area contributed by atoms with Crippen molar-refractivity contribution < 1.29 is 32.3 Å². The molecule has 3 aromatic rings. The summed E-state index contributed by atoms with van der Waals surface area (Å²) in [6.45, 7) is 9.49. The van der Waals surface area contributed by atoms with Crippen molar-refractivity contribution in [3.8, 4) is 11.1 Å². The Bertz CT molecular complexity index is 1280. The van der Waals surface area contributed by atoms with Gasteiger partial charge in [0.15, 0.2) is 0 Å². The van der Waals surface area contributed by atoms with Crippen molar-refractivity contribution >= 4 is 23.2 Å². The number of nitrogens with zero attached hydrogens (tertiary/aromatic N) is 1. The van der Waals surface area contributed by atoms with Crippen LogP contribution in [0.3, 0.4) is 0 Å². The minimum absolute atomic E-state index is 0.0658. The van der Waals surface area contributed by atoms with E-state index in [-0.39, 0.29) is 23.2 Å². The van der Waals surface area contributed by atoms with Crippen molar-refractivity contribution in [1.82, 2.24) is 10.2 Å². The smallest absolute Gasteiger partial charge is 0.475 e. The zero-order valence-electron chi connectivity index (χ0n) is 22.7. The van der Waals surface area contributed by atoms with Crippen LogP contribution in [-0.2, 0) is 16.8 Å². The van der Waals surface area contributed by atoms with E-state index in [2.05, 4.69) is 55.3 Å². The summed E-state index contributed by atoms with van der Waals surface area (Å²) in [7, 11) is 0. The van der Waals surface area contributed by atoms with Gasteiger partial charge in [-0.2, -0.15) is 13.2 Å². The van der Waals surface area contributed by atoms with Crippen LogP contribution in [-0.4, -0.2) is 47.2 Å². The zero-order valence-corrected chi connectivity index (χ0v) is 23.5. The molecule has 0 bridgehead atoms. The van der Waals surface area contributed by atoms with Crippen molar-refractivity contribution in [3.05, 3.63) is 81.8 Å². The average molecular weight is 579 g/mol. The van der Waals surface area contributed by atoms with Gasteiger partial charge >= 0.3 is 12.1 Å². The summed E-state index contributed by atoms with van der Waals surface area (Å²) in [6, 6.07) is 17.5. The van der Waals surface area contributed by atoms with Crippen LogP contribution in [0.4, 0.5) is 17.6 Å². The zero-order chi connectivity index (χ0) is 29.5. The van der Waals surface area contributed by atoms with E-state index < -0.39 is 12.1 Å². The molecule has 216 valence electrons. The van der Waals surface area contributed by atoms with Gasteiger partial charge in [0.1, 0.15) is 5.82 Å². The van der Waals surface area contributed by atoms with E-state index in [0.29, 0.717) is 10.4 Å². The van der Waals surface area contributed by atoms with Crippen molar-refractivity contribution in [2.24, 2.45) is 0 Å². The van der Waals surface area contributed by atoms with Gasteiger partial charge in [-0.15, -0.1) is 11.3 Å². The number of amides is 1. The number of aliphatic carboxylic acids is 1. The summed E-state index contributed by atoms with van der Waals surface area (Å²) in [5.74, 6) is -3.09. The summed E-state index contributed by atoms with van der Waals surface area (Å²) < 4.78 is 45.8. The van der Waals surface area contributed by atoms with Gasteiger partial charge in [-0.1, -0.05) is 69.7 Å². The third-order valence-corrected chi connectivity index (χ3v) is 7.50. The Morgan fingerprint density at radius 1 is 1.05 bits per heavy atom. The lowest BCUT2D eigenvalue weighted by Gasteiger charge is -2.25. The van der Waals surface area contributed by atoms with E-state index in [4.69, 9.17) is 9.90 Å². The van der Waals surface area contributed by atoms with Gasteiger partial charge < -0.3 is 10.4 Å². The second kappa shape index (κ2) is 13.4. The summed E-state index contributed by atoms with van der Waals surface area (Å²) in [6.07, 6.45) is -1.85. The number of carbonyl (C=O) groups excluding carboxylic acids is 1. The van der Waals surface area contributed by atoms with Gasteiger partial charge in [0.25, 0.3) is 5.91 Å². The standard InChI is InChI=1S/C28H33FN2OS.C2HF3O2/c1-28(2,3)22-13-11-20(12-14-22)17-31-15-7-6-8-23(18-31)30-27(32)26-16-21(19-33-26)24-9-4-5-10-25(24)29;3-2(4,5)1(6)7/h4-5,9-14,16,19,23H,6-8,15,17-18H2,1-3H3,(H,30,32);(H,6,7). The Morgan fingerprint density at radius 2 is 1.70 bits per heavy atom. The first-order valence-corrected chi connectivity index (χ1v) is 13.9. The number of benzene rings is 2. The number of alkyl halides is 3. The number of carboxylic acid groups (broad SMARTS) is 1. The number of rotatable bonds is 5. The predicted octanol–water partition coefficient (Wildman–Crippen LogP) is 7.27. The second-order valence-corrected chi connectivity index (χ2v) is 11.7. The average Bonchev–Trinajstić information content (AvgIpc) is 3.26. The molecule has 1 aliphatic rings. The Balaban J connectivity index is 0.000000559. The molecule has 1 fully saturated rings. The third kappa shape index (κ3) is 9.16. The molecule has 40 heavy (non-hydrogen) atoms. The fourth-order valence-corrected chi connectivity index (χ4v) is 5.21. The van der Waals surface area contributed by atoms with Crippen LogP contribution in [0.1, 0.15) is 60.8 Å². The van der Waals surface area contributed by atoms with Crippen molar-refractivity contribution in [2.45, 2.75) is 64.2 Å². The molecule has 1 amide bonds. The molecule has 4 rings (SSSR count). The van der Waals surface area contributed by atoms with Crippen LogP contribution in [0.25, 0.3) is 11.1 Å². The fourth-order valence-electron chi connectivity index (χ4n) is 4.40. The second-order valence-electron chi connectivity index (χ2n) is 10.8. The number of hydrogen-bond donors (Lipinski definition) is 2. The van der Waals surface area contributed by atoms with E-state index >= 15 is 0 Å². The highest BCUT2D eigenvalue weighted by atomic mass is 32.1. The Labute approximate surface area is 235 Å². The van der Waals surface area contributed by atoms with E-state index in [0.717, 1.165) is 44.5 Å². The normalized spacial score (nSPS) is 16.4. The lowest BCUT2D eigenvalue weighted by Crippen LogP contribution is -2.42. The summed E-state index contributed by atoms with van der Waals surface area (Å²) in [4.78, 5) is 24.9. The molecule has 10 heteroatoms. The van der Waals surface area contributed by atoms with Gasteiger partial charge in [0.05, 0.1) is 4.88 Å². The molecule has 2 heterocycles. The largest absolute Gasteiger partial charge is 0.490 e. The maximum absolute atomic E-state index is 14.1. The van der Waals surface area contributed by atoms with E-state index in [1.54, 1.807) is 18.2 Å². The third-order valence-electron chi connectivity index (χ3n) is 6.57. The molecule has 1 aliphatic heterocycles. The van der Waals surface area contributed by atoms with Crippen molar-refractivity contribution in [3.63, 3.8) is 0 Å². The number of likely N-dealkylation sites (tertiary alicyclic amines) is 1. The van der Waals surface area contributed by atoms with Crippen molar-refractivity contribution in [1.29, 1.82) is 0 Å². The van der Waals surface area contributed by atoms with Crippen LogP contribution in [0.15, 0.2) is 60.0 Å². The summed E-state index contributed by atoms with van der Waals surface area (Å²) >= 11 is 1.37. The maximum atomic E-state index is 14.1. The first kappa shape index (κ1) is 31.3. The van der Waals surface area contributed by atoms with Crippen LogP contribution in [0.5, 0.6) is 0 Å². The quantitative estimate of drug-likeness (QED) is 0.313. The Morgan fingerprint density at radius 3 is 2.30 bits per heavy atom. The molecule has 1 atom stereocenters. The molecule has 0 saturated carbocycles. The molecule has 1 unspecified atom stereocenters. The van der Waals surface area contributed by atoms with Gasteiger partial charge in [-0.25, -0.2) is 9.18 Å². The highest BCUT2D eigenvalue weighted by Gasteiger charge is 2.38. The molecular formula is C30H34F4N2O3S. The van der Waals surface area contributed by atoms with Gasteiger partial charge in [0.2, 0.25) is 0 Å². The fraction of sp³-hybridized carbons (Fsp3) is 0.400. The van der Waals surface area contributed by atoms with E-state index in [9.17, 15) is 22.4 Å². The highest BCUT2D eigenvalue weighted by Crippen LogP contribution is 2.28. The maximum Gasteiger partial charge on any atom is 0.490 e. The number of thiophene rings is 1. The molecule has 1 saturated heterocycles. The number of halogens is 4. The number of carboxylic acids is 1. The van der Waals surface area contributed by atoms with Gasteiger partial charge in [0, 0.05) is 24.7 Å². The molecular weight excluding hydrogens is 544 g/mol. The molecule has 0 aliphatic carbocycles. The molecule has 0 spiro atoms. The van der Waals surface area contributed by atoms with Crippen molar-refractivity contribution in [2.75, 3.05) is 13.1 Å². The van der Waals surface area contributed by atoms with Crippen LogP contribution in [0.2, 0.25) is 0 Å². The molecule has 1 aromatic heterocycles. The number of nitrogens with one attached hydrogen (secondary N) is 1. The SMILES string of the molecule is CC(C)(C)c1ccc(CN2CCCCC(NC(=O)c3cc(-c4ccccc4F)cs3)C2)cc1.O=C(O)C(F)(F)F. The lowest BCUT2D eigenvalue weighted by atomic mass is 9.87. The molecule has 2 N–H and O–H groups in total. The predicted molar refractivity (Wildman–Crippen MR) is 149 cm³/mol. The first-order chi connectivity index (χ1) is 18.7. The lowest BCUT2D eigenvalue weighted by molar-refractivity contribution is -0.192. The minimum atomic E-state index is -5.08. The van der Waals surface area contributed by atoms with E-state index in [1.165, 1.54) is 28.5 Å². The highest BCUT2D eigenvalue weighted by molar-refractivity contribution is 7.12. The van der Waals surface area contributed by atoms with Crippen LogP contribution in [0, 0.1) is 5.82 Å². The Hall–Kier alpha value is -3.24. The first-order valence-electron chi connectivity index (χ1n) is 13.0. The Kier molecular flexibility index (Phi) is 10.5. The monoisotopic (exact) mass is 578 g/mol.